The van der Waals surface area contributed by atoms with Crippen LogP contribution in [-0.4, -0.2) is 123 Å². The first-order valence-electron chi connectivity index (χ1n) is 17.5. The number of nitrogens with one attached hydrogen (secondary N) is 5. The van der Waals surface area contributed by atoms with Gasteiger partial charge in [-0.15, -0.1) is 0 Å². The number of hydrogen-bond donors (Lipinski definition) is 6. The minimum atomic E-state index is -0.654. The van der Waals surface area contributed by atoms with Gasteiger partial charge in [0.1, 0.15) is 0 Å². The summed E-state index contributed by atoms with van der Waals surface area (Å²) in [6, 6.07) is 13.2. The number of carbonyl (C=O) groups excluding carboxylic acids is 5. The quantitative estimate of drug-likeness (QED) is 0.0621. The number of fused-ring (bicyclic) bond motifs is 1. The summed E-state index contributed by atoms with van der Waals surface area (Å²) in [4.78, 5) is 70.4. The maximum Gasteiger partial charge on any atom is 0.319 e. The van der Waals surface area contributed by atoms with Gasteiger partial charge in [0.05, 0.1) is 43.2 Å². The first kappa shape index (κ1) is 38.8. The maximum atomic E-state index is 13.4. The molecule has 1 fully saturated rings. The number of aromatic nitrogens is 1. The zero-order valence-corrected chi connectivity index (χ0v) is 29.2. The number of carbonyl (C=O) groups is 5. The molecule has 0 saturated carbocycles. The Morgan fingerprint density at radius 3 is 2.20 bits per heavy atom. The van der Waals surface area contributed by atoms with Gasteiger partial charge in [-0.3, -0.25) is 14.4 Å². The van der Waals surface area contributed by atoms with E-state index in [1.54, 1.807) is 35.2 Å². The molecule has 1 aromatic heterocycles. The number of nitrogens with zero attached hydrogens (tertiary/aromatic N) is 2. The lowest BCUT2D eigenvalue weighted by Gasteiger charge is -2.39. The molecule has 6 amide bonds. The fraction of sp³-hybridized carbons (Fsp3) is 0.472. The van der Waals surface area contributed by atoms with Crippen LogP contribution in [0.1, 0.15) is 53.3 Å². The number of hydrogen-bond acceptors (Lipinski definition) is 8. The monoisotopic (exact) mass is 706 g/mol. The van der Waals surface area contributed by atoms with Crippen LogP contribution in [0.5, 0.6) is 0 Å². The van der Waals surface area contributed by atoms with E-state index in [2.05, 4.69) is 26.3 Å². The molecular weight excluding hydrogens is 656 g/mol. The van der Waals surface area contributed by atoms with Crippen molar-refractivity contribution >= 4 is 46.3 Å². The van der Waals surface area contributed by atoms with E-state index in [0.717, 1.165) is 25.7 Å². The third-order valence-electron chi connectivity index (χ3n) is 8.44. The van der Waals surface area contributed by atoms with Gasteiger partial charge in [-0.05, 0) is 38.0 Å². The Kier molecular flexibility index (Phi) is 15.7. The third kappa shape index (κ3) is 11.8. The van der Waals surface area contributed by atoms with Crippen LogP contribution < -0.4 is 27.0 Å². The highest BCUT2D eigenvalue weighted by Gasteiger charge is 2.34. The molecule has 0 unspecified atom stereocenters. The number of unbranched alkanes of at least 4 members (excludes halogenated alkanes) is 3. The molecule has 276 valence electrons. The number of amides is 6. The molecular formula is C36H50N8O7. The summed E-state index contributed by atoms with van der Waals surface area (Å²) in [5.41, 5.74) is 7.15. The van der Waals surface area contributed by atoms with Gasteiger partial charge in [0.2, 0.25) is 0 Å². The number of rotatable bonds is 19. The first-order valence-corrected chi connectivity index (χ1v) is 17.5. The van der Waals surface area contributed by atoms with Crippen LogP contribution in [0.25, 0.3) is 10.9 Å². The number of ether oxygens (including phenoxy) is 2. The highest BCUT2D eigenvalue weighted by Crippen LogP contribution is 2.27. The average Bonchev–Trinajstić information content (AvgIpc) is 3.58. The number of aromatic amines is 1. The summed E-state index contributed by atoms with van der Waals surface area (Å²) in [6.07, 6.45) is 4.85. The summed E-state index contributed by atoms with van der Waals surface area (Å²) in [6.45, 7) is 6.47. The fourth-order valence-electron chi connectivity index (χ4n) is 5.78. The Labute approximate surface area is 297 Å². The van der Waals surface area contributed by atoms with Crippen molar-refractivity contribution in [1.82, 2.24) is 30.7 Å². The molecule has 1 aliphatic heterocycles. The normalized spacial score (nSPS) is 14.3. The van der Waals surface area contributed by atoms with Gasteiger partial charge in [0, 0.05) is 69.0 Å². The average molecular weight is 707 g/mol. The van der Waals surface area contributed by atoms with Crippen molar-refractivity contribution in [2.24, 2.45) is 5.73 Å². The lowest BCUT2D eigenvalue weighted by molar-refractivity contribution is -0.130. The van der Waals surface area contributed by atoms with Crippen LogP contribution >= 0.6 is 0 Å². The molecule has 15 heteroatoms. The smallest absolute Gasteiger partial charge is 0.319 e. The third-order valence-corrected chi connectivity index (χ3v) is 8.44. The van der Waals surface area contributed by atoms with Crippen molar-refractivity contribution in [2.45, 2.75) is 38.6 Å². The number of anilines is 1. The summed E-state index contributed by atoms with van der Waals surface area (Å²) >= 11 is 0. The number of ketones is 1. The highest BCUT2D eigenvalue weighted by atomic mass is 16.5. The number of benzene rings is 2. The van der Waals surface area contributed by atoms with Gasteiger partial charge in [0.25, 0.3) is 17.6 Å². The van der Waals surface area contributed by atoms with E-state index >= 15 is 0 Å². The molecule has 1 saturated heterocycles. The van der Waals surface area contributed by atoms with E-state index in [4.69, 9.17) is 15.2 Å². The van der Waals surface area contributed by atoms with Gasteiger partial charge < -0.3 is 51.3 Å². The molecule has 2 heterocycles. The Morgan fingerprint density at radius 2 is 1.49 bits per heavy atom. The van der Waals surface area contributed by atoms with Crippen LogP contribution in [0, 0.1) is 0 Å². The lowest BCUT2D eigenvalue weighted by atomic mass is 10.1. The molecule has 0 bridgehead atoms. The van der Waals surface area contributed by atoms with Crippen LogP contribution in [0.2, 0.25) is 0 Å². The van der Waals surface area contributed by atoms with Crippen LogP contribution in [0.3, 0.4) is 0 Å². The Hall–Kier alpha value is -4.99. The standard InChI is InChI=1S/C36H50N8O7/c1-26-25-43(33(46)27-10-5-4-6-11-27)18-19-44(26)34(47)32(45)29-24-41-31-28(29)12-9-13-30(31)42-36(49)39-16-8-3-2-7-15-38-35(48)40-17-21-51-23-22-50-20-14-37/h4-6,9-13,24,26,41H,2-3,7-8,14-23,25,37H2,1H3,(H2,38,40,48)(H2,39,42,49)/t26-/m1/s1. The molecule has 4 rings (SSSR count). The lowest BCUT2D eigenvalue weighted by Crippen LogP contribution is -2.56. The Bertz CT molecular complexity index is 1600. The molecule has 0 spiro atoms. The maximum absolute atomic E-state index is 13.4. The number of nitrogens with two attached hydrogens (primary N) is 1. The van der Waals surface area contributed by atoms with Gasteiger partial charge in [-0.25, -0.2) is 9.59 Å². The molecule has 1 aliphatic rings. The highest BCUT2D eigenvalue weighted by molar-refractivity contribution is 6.45. The van der Waals surface area contributed by atoms with Gasteiger partial charge in [-0.1, -0.05) is 43.2 Å². The van der Waals surface area contributed by atoms with Crippen molar-refractivity contribution in [2.75, 3.05) is 77.6 Å². The van der Waals surface area contributed by atoms with Crippen LogP contribution in [0.4, 0.5) is 15.3 Å². The van der Waals surface area contributed by atoms with E-state index < -0.39 is 11.7 Å². The summed E-state index contributed by atoms with van der Waals surface area (Å²) in [7, 11) is 0. The summed E-state index contributed by atoms with van der Waals surface area (Å²) in [5.74, 6) is -1.39. The minimum Gasteiger partial charge on any atom is -0.378 e. The van der Waals surface area contributed by atoms with Gasteiger partial charge in [-0.2, -0.15) is 0 Å². The van der Waals surface area contributed by atoms with Crippen molar-refractivity contribution in [3.05, 3.63) is 65.9 Å². The fourth-order valence-corrected chi connectivity index (χ4v) is 5.78. The number of para-hydroxylation sites is 1. The minimum absolute atomic E-state index is 0.104. The molecule has 15 nitrogen and oxygen atoms in total. The molecule has 3 aromatic rings. The largest absolute Gasteiger partial charge is 0.378 e. The zero-order chi connectivity index (χ0) is 36.4. The summed E-state index contributed by atoms with van der Waals surface area (Å²) in [5, 5.41) is 11.7. The van der Waals surface area contributed by atoms with E-state index in [1.807, 2.05) is 25.1 Å². The van der Waals surface area contributed by atoms with Crippen LogP contribution in [-0.2, 0) is 14.3 Å². The van der Waals surface area contributed by atoms with Crippen molar-refractivity contribution < 1.29 is 33.4 Å². The van der Waals surface area contributed by atoms with Crippen molar-refractivity contribution in [1.29, 1.82) is 0 Å². The molecule has 0 radical (unpaired) electrons. The van der Waals surface area contributed by atoms with Crippen LogP contribution in [0.15, 0.2) is 54.7 Å². The topological polar surface area (TPSA) is 200 Å². The summed E-state index contributed by atoms with van der Waals surface area (Å²) < 4.78 is 10.6. The molecule has 0 aliphatic carbocycles. The van der Waals surface area contributed by atoms with Gasteiger partial charge >= 0.3 is 12.1 Å². The molecule has 1 atom stereocenters. The van der Waals surface area contributed by atoms with Crippen molar-refractivity contribution in [3.63, 3.8) is 0 Å². The van der Waals surface area contributed by atoms with E-state index in [1.165, 1.54) is 11.1 Å². The van der Waals surface area contributed by atoms with Gasteiger partial charge in [0.15, 0.2) is 0 Å². The van der Waals surface area contributed by atoms with E-state index in [-0.39, 0.29) is 36.1 Å². The molecule has 7 N–H and O–H groups in total. The first-order chi connectivity index (χ1) is 24.8. The van der Waals surface area contributed by atoms with E-state index in [0.29, 0.717) is 87.8 Å². The molecule has 51 heavy (non-hydrogen) atoms. The number of Topliss-reactive ketones (excluding diaryl/α,β-unsaturated/α-hetero) is 1. The number of H-pyrrole nitrogens is 1. The number of piperazine rings is 1. The zero-order valence-electron chi connectivity index (χ0n) is 29.2. The SMILES string of the molecule is C[C@@H]1CN(C(=O)c2ccccc2)CCN1C(=O)C(=O)c1c[nH]c2c(NC(=O)NCCCCCCNC(=O)NCCOCCOCCN)cccc12. The molecule has 2 aromatic carbocycles. The second-order valence-corrected chi connectivity index (χ2v) is 12.2. The second-order valence-electron chi connectivity index (χ2n) is 12.2. The predicted molar refractivity (Wildman–Crippen MR) is 194 cm³/mol. The Balaban J connectivity index is 1.13. The van der Waals surface area contributed by atoms with E-state index in [9.17, 15) is 24.0 Å². The van der Waals surface area contributed by atoms with Crippen molar-refractivity contribution in [3.8, 4) is 0 Å². The predicted octanol–water partition coefficient (Wildman–Crippen LogP) is 2.70. The Morgan fingerprint density at radius 1 is 0.804 bits per heavy atom. The number of urea groups is 2. The second kappa shape index (κ2) is 20.6.